The molecule has 21 heavy (non-hydrogen) atoms. The van der Waals surface area contributed by atoms with Crippen LogP contribution in [-0.4, -0.2) is 25.4 Å². The van der Waals surface area contributed by atoms with Gasteiger partial charge in [0.15, 0.2) is 0 Å². The molecule has 3 aromatic rings. The summed E-state index contributed by atoms with van der Waals surface area (Å²) in [4.78, 5) is 4.31. The molecule has 0 aliphatic rings. The fourth-order valence-corrected chi connectivity index (χ4v) is 2.68. The van der Waals surface area contributed by atoms with Gasteiger partial charge in [0.2, 0.25) is 0 Å². The van der Waals surface area contributed by atoms with Crippen molar-refractivity contribution in [3.63, 3.8) is 0 Å². The van der Waals surface area contributed by atoms with Crippen LogP contribution in [0.2, 0.25) is 0 Å². The number of benzene rings is 1. The summed E-state index contributed by atoms with van der Waals surface area (Å²) in [6, 6.07) is 8.77. The molecule has 2 N–H and O–H groups in total. The molecule has 110 valence electrons. The minimum atomic E-state index is 0.203. The molecule has 0 radical (unpaired) electrons. The number of hydrogen-bond acceptors (Lipinski definition) is 3. The molecule has 0 saturated heterocycles. The number of nitrogens with two attached hydrogens (primary N) is 1. The van der Waals surface area contributed by atoms with Crippen LogP contribution < -0.4 is 5.73 Å². The van der Waals surface area contributed by atoms with Gasteiger partial charge in [0.25, 0.3) is 0 Å². The molecule has 0 spiro atoms. The second-order valence-corrected chi connectivity index (χ2v) is 5.47. The minimum absolute atomic E-state index is 0.203. The highest BCUT2D eigenvalue weighted by Gasteiger charge is 2.11. The Morgan fingerprint density at radius 1 is 1.29 bits per heavy atom. The molecule has 0 amide bonds. The van der Waals surface area contributed by atoms with Gasteiger partial charge in [-0.1, -0.05) is 25.1 Å². The largest absolute Gasteiger partial charge is 0.340 e. The molecular weight excluding hydrogens is 262 g/mol. The molecule has 0 bridgehead atoms. The molecule has 1 aromatic carbocycles. The third-order valence-electron chi connectivity index (χ3n) is 4.00. The molecule has 5 heteroatoms. The van der Waals surface area contributed by atoms with Crippen LogP contribution >= 0.6 is 0 Å². The van der Waals surface area contributed by atoms with Crippen molar-refractivity contribution in [1.29, 1.82) is 0 Å². The summed E-state index contributed by atoms with van der Waals surface area (Å²) in [6.45, 7) is 2.85. The van der Waals surface area contributed by atoms with Crippen molar-refractivity contribution in [1.82, 2.24) is 19.3 Å². The van der Waals surface area contributed by atoms with E-state index in [1.807, 2.05) is 11.7 Å². The van der Waals surface area contributed by atoms with Crippen LogP contribution in [0.5, 0.6) is 0 Å². The lowest BCUT2D eigenvalue weighted by Gasteiger charge is -2.13. The number of fused-ring (bicyclic) bond motifs is 1. The van der Waals surface area contributed by atoms with Gasteiger partial charge in [0, 0.05) is 19.3 Å². The average Bonchev–Trinajstić information content (AvgIpc) is 3.07. The molecule has 0 saturated carbocycles. The van der Waals surface area contributed by atoms with Crippen LogP contribution in [0.1, 0.15) is 24.7 Å². The standard InChI is InChI=1S/C16H21N5/c1-3-14(17)9-13-6-4-5-12-7-8-21(16(12)13)10-15-18-11-19-20(15)2/h4-8,11,14H,3,9-10,17H2,1-2H3. The quantitative estimate of drug-likeness (QED) is 0.780. The second-order valence-electron chi connectivity index (χ2n) is 5.47. The lowest BCUT2D eigenvalue weighted by Crippen LogP contribution is -2.21. The van der Waals surface area contributed by atoms with Gasteiger partial charge in [-0.15, -0.1) is 0 Å². The Morgan fingerprint density at radius 2 is 2.14 bits per heavy atom. The van der Waals surface area contributed by atoms with Crippen LogP contribution in [0.4, 0.5) is 0 Å². The summed E-state index contributed by atoms with van der Waals surface area (Å²) in [5, 5.41) is 5.38. The van der Waals surface area contributed by atoms with Crippen LogP contribution in [-0.2, 0) is 20.0 Å². The number of para-hydroxylation sites is 1. The topological polar surface area (TPSA) is 61.7 Å². The summed E-state index contributed by atoms with van der Waals surface area (Å²) in [6.07, 6.45) is 5.59. The first-order valence-electron chi connectivity index (χ1n) is 7.34. The van der Waals surface area contributed by atoms with Crippen molar-refractivity contribution in [2.24, 2.45) is 12.8 Å². The monoisotopic (exact) mass is 283 g/mol. The Bertz CT molecular complexity index is 740. The van der Waals surface area contributed by atoms with E-state index in [4.69, 9.17) is 5.73 Å². The molecule has 1 unspecified atom stereocenters. The van der Waals surface area contributed by atoms with Crippen molar-refractivity contribution in [2.75, 3.05) is 0 Å². The predicted molar refractivity (Wildman–Crippen MR) is 84.0 cm³/mol. The SMILES string of the molecule is CCC(N)Cc1cccc2ccn(Cc3ncnn3C)c12. The van der Waals surface area contributed by atoms with Crippen LogP contribution in [0.25, 0.3) is 10.9 Å². The maximum atomic E-state index is 6.14. The molecule has 3 rings (SSSR count). The van der Waals surface area contributed by atoms with Crippen molar-refractivity contribution in [2.45, 2.75) is 32.4 Å². The zero-order valence-corrected chi connectivity index (χ0v) is 12.5. The van der Waals surface area contributed by atoms with E-state index in [0.29, 0.717) is 0 Å². The van der Waals surface area contributed by atoms with Crippen LogP contribution in [0.3, 0.4) is 0 Å². The molecular formula is C16H21N5. The summed E-state index contributed by atoms with van der Waals surface area (Å²) in [5.41, 5.74) is 8.69. The van der Waals surface area contributed by atoms with Gasteiger partial charge in [-0.25, -0.2) is 4.98 Å². The predicted octanol–water partition coefficient (Wildman–Crippen LogP) is 2.10. The second kappa shape index (κ2) is 5.69. The Kier molecular flexibility index (Phi) is 3.75. The third-order valence-corrected chi connectivity index (χ3v) is 4.00. The minimum Gasteiger partial charge on any atom is -0.340 e. The first kappa shape index (κ1) is 13.8. The lowest BCUT2D eigenvalue weighted by atomic mass is 10.0. The Morgan fingerprint density at radius 3 is 2.86 bits per heavy atom. The summed E-state index contributed by atoms with van der Waals surface area (Å²) >= 11 is 0. The molecule has 0 aliphatic heterocycles. The maximum absolute atomic E-state index is 6.14. The van der Waals surface area contributed by atoms with Crippen molar-refractivity contribution >= 4 is 10.9 Å². The van der Waals surface area contributed by atoms with E-state index in [1.165, 1.54) is 16.5 Å². The van der Waals surface area contributed by atoms with Gasteiger partial charge in [0.1, 0.15) is 12.2 Å². The van der Waals surface area contributed by atoms with E-state index in [0.717, 1.165) is 25.2 Å². The lowest BCUT2D eigenvalue weighted by molar-refractivity contribution is 0.641. The van der Waals surface area contributed by atoms with Gasteiger partial charge in [-0.05, 0) is 29.9 Å². The van der Waals surface area contributed by atoms with Crippen molar-refractivity contribution in [3.05, 3.63) is 48.2 Å². The van der Waals surface area contributed by atoms with E-state index < -0.39 is 0 Å². The number of nitrogens with zero attached hydrogens (tertiary/aromatic N) is 4. The Balaban J connectivity index is 2.01. The first-order chi connectivity index (χ1) is 10.2. The summed E-state index contributed by atoms with van der Waals surface area (Å²) in [7, 11) is 1.92. The van der Waals surface area contributed by atoms with Crippen LogP contribution in [0.15, 0.2) is 36.8 Å². The first-order valence-corrected chi connectivity index (χ1v) is 7.34. The van der Waals surface area contributed by atoms with Gasteiger partial charge >= 0.3 is 0 Å². The summed E-state index contributed by atoms with van der Waals surface area (Å²) < 4.78 is 4.04. The average molecular weight is 283 g/mol. The number of aromatic nitrogens is 4. The highest BCUT2D eigenvalue weighted by atomic mass is 15.3. The van der Waals surface area contributed by atoms with Gasteiger partial charge in [-0.3, -0.25) is 4.68 Å². The highest BCUT2D eigenvalue weighted by molar-refractivity contribution is 5.83. The van der Waals surface area contributed by atoms with Crippen LogP contribution in [0, 0.1) is 0 Å². The van der Waals surface area contributed by atoms with Crippen molar-refractivity contribution in [3.8, 4) is 0 Å². The Labute approximate surface area is 124 Å². The van der Waals surface area contributed by atoms with Gasteiger partial charge in [0.05, 0.1) is 12.1 Å². The van der Waals surface area contributed by atoms with E-state index >= 15 is 0 Å². The van der Waals surface area contributed by atoms with E-state index in [-0.39, 0.29) is 6.04 Å². The number of aryl methyl sites for hydroxylation is 1. The molecule has 0 fully saturated rings. The fraction of sp³-hybridized carbons (Fsp3) is 0.375. The van der Waals surface area contributed by atoms with Crippen molar-refractivity contribution < 1.29 is 0 Å². The highest BCUT2D eigenvalue weighted by Crippen LogP contribution is 2.22. The summed E-state index contributed by atoms with van der Waals surface area (Å²) in [5.74, 6) is 0.946. The molecule has 2 heterocycles. The van der Waals surface area contributed by atoms with E-state index in [9.17, 15) is 0 Å². The normalized spacial score (nSPS) is 12.9. The van der Waals surface area contributed by atoms with E-state index in [2.05, 4.69) is 52.0 Å². The zero-order valence-electron chi connectivity index (χ0n) is 12.5. The Hall–Kier alpha value is -2.14. The maximum Gasteiger partial charge on any atom is 0.146 e. The van der Waals surface area contributed by atoms with E-state index in [1.54, 1.807) is 6.33 Å². The van der Waals surface area contributed by atoms with Gasteiger partial charge in [-0.2, -0.15) is 5.10 Å². The molecule has 1 atom stereocenters. The number of rotatable bonds is 5. The zero-order chi connectivity index (χ0) is 14.8. The number of hydrogen-bond donors (Lipinski definition) is 1. The fourth-order valence-electron chi connectivity index (χ4n) is 2.68. The van der Waals surface area contributed by atoms with Gasteiger partial charge < -0.3 is 10.3 Å². The molecule has 2 aromatic heterocycles. The smallest absolute Gasteiger partial charge is 0.146 e. The molecule has 5 nitrogen and oxygen atoms in total. The third kappa shape index (κ3) is 2.69. The molecule has 0 aliphatic carbocycles.